The molecule has 0 radical (unpaired) electrons. The van der Waals surface area contributed by atoms with Crippen LogP contribution in [0.15, 0.2) is 97.1 Å². The molecule has 0 aromatic heterocycles. The predicted molar refractivity (Wildman–Crippen MR) is 173 cm³/mol. The molecular formula is C30H24Cl8O2. The van der Waals surface area contributed by atoms with Crippen LogP contribution >= 0.6 is 92.8 Å². The molecule has 2 nitrogen and oxygen atoms in total. The van der Waals surface area contributed by atoms with Gasteiger partial charge in [-0.1, -0.05) is 141 Å². The van der Waals surface area contributed by atoms with Gasteiger partial charge in [0.05, 0.1) is 26.1 Å². The number of hydrogen-bond acceptors (Lipinski definition) is 2. The van der Waals surface area contributed by atoms with Crippen molar-refractivity contribution in [1.82, 2.24) is 0 Å². The maximum absolute atomic E-state index is 6.18. The summed E-state index contributed by atoms with van der Waals surface area (Å²) in [5.41, 5.74) is 3.57. The molecular weight excluding hydrogens is 676 g/mol. The summed E-state index contributed by atoms with van der Waals surface area (Å²) in [5, 5.41) is 1.28. The second kappa shape index (κ2) is 14.8. The van der Waals surface area contributed by atoms with Crippen molar-refractivity contribution in [2.24, 2.45) is 0 Å². The molecule has 0 saturated carbocycles. The first-order valence-electron chi connectivity index (χ1n) is 11.8. The maximum Gasteiger partial charge on any atom is 0.201 e. The summed E-state index contributed by atoms with van der Waals surface area (Å²) in [7, 11) is 3.23. The average Bonchev–Trinajstić information content (AvgIpc) is 2.91. The Balaban J connectivity index is 0.000000222. The average molecular weight is 700 g/mol. The molecule has 0 aliphatic heterocycles. The van der Waals surface area contributed by atoms with Crippen LogP contribution in [0.2, 0.25) is 10.0 Å². The quantitative estimate of drug-likeness (QED) is 0.187. The lowest BCUT2D eigenvalue weighted by Crippen LogP contribution is -2.18. The molecule has 0 spiro atoms. The molecule has 0 atom stereocenters. The smallest absolute Gasteiger partial charge is 0.201 e. The molecule has 212 valence electrons. The van der Waals surface area contributed by atoms with Crippen molar-refractivity contribution in [3.63, 3.8) is 0 Å². The Kier molecular flexibility index (Phi) is 12.3. The van der Waals surface area contributed by atoms with Gasteiger partial charge in [0.1, 0.15) is 11.5 Å². The van der Waals surface area contributed by atoms with E-state index in [0.29, 0.717) is 10.0 Å². The van der Waals surface area contributed by atoms with E-state index in [1.165, 1.54) is 0 Å². The molecule has 0 unspecified atom stereocenters. The minimum absolute atomic E-state index is 0.376. The minimum Gasteiger partial charge on any atom is -0.497 e. The van der Waals surface area contributed by atoms with Gasteiger partial charge in [0.2, 0.25) is 7.59 Å². The molecule has 0 amide bonds. The van der Waals surface area contributed by atoms with Crippen LogP contribution < -0.4 is 9.47 Å². The number of hydrogen-bond donors (Lipinski definition) is 0. The van der Waals surface area contributed by atoms with E-state index < -0.39 is 7.59 Å². The number of benzene rings is 4. The fourth-order valence-corrected chi connectivity index (χ4v) is 5.81. The standard InChI is InChI=1S/C16H15Cl3O2.C14H9Cl5/c1-20-13-7-3-11(4-8-13)15(16(17,18)19)12-5-9-14(21-2)10-6-12;15-11-5-1-9(2-6-11)13(14(17,18)19)10-3-7-12(16)8-4-10/h3-10,15H,1-2H3;1-8,13H. The van der Waals surface area contributed by atoms with Gasteiger partial charge in [0.15, 0.2) is 0 Å². The normalized spacial score (nSPS) is 11.7. The molecule has 0 heterocycles. The topological polar surface area (TPSA) is 18.5 Å². The van der Waals surface area contributed by atoms with Gasteiger partial charge < -0.3 is 9.47 Å². The third-order valence-electron chi connectivity index (χ3n) is 5.96. The molecule has 0 saturated heterocycles. The van der Waals surface area contributed by atoms with Gasteiger partial charge in [-0.05, 0) is 70.8 Å². The Morgan fingerprint density at radius 1 is 0.425 bits per heavy atom. The highest BCUT2D eigenvalue weighted by molar-refractivity contribution is 6.68. The van der Waals surface area contributed by atoms with E-state index >= 15 is 0 Å². The van der Waals surface area contributed by atoms with Crippen molar-refractivity contribution in [2.45, 2.75) is 19.4 Å². The van der Waals surface area contributed by atoms with Crippen LogP contribution in [-0.4, -0.2) is 21.8 Å². The highest BCUT2D eigenvalue weighted by atomic mass is 35.6. The van der Waals surface area contributed by atoms with Gasteiger partial charge in [-0.25, -0.2) is 0 Å². The summed E-state index contributed by atoms with van der Waals surface area (Å²) < 4.78 is 7.40. The Morgan fingerprint density at radius 3 is 0.850 bits per heavy atom. The number of halogens is 8. The first kappa shape index (κ1) is 33.3. The lowest BCUT2D eigenvalue weighted by Gasteiger charge is -2.25. The van der Waals surface area contributed by atoms with Crippen molar-refractivity contribution in [3.05, 3.63) is 129 Å². The van der Waals surface area contributed by atoms with Crippen LogP contribution in [-0.2, 0) is 0 Å². The highest BCUT2D eigenvalue weighted by Crippen LogP contribution is 2.47. The Labute approximate surface area is 274 Å². The number of alkyl halides is 6. The highest BCUT2D eigenvalue weighted by Gasteiger charge is 2.36. The van der Waals surface area contributed by atoms with Crippen LogP contribution in [0, 0.1) is 0 Å². The van der Waals surface area contributed by atoms with Gasteiger partial charge in [0.25, 0.3) is 0 Å². The zero-order valence-electron chi connectivity index (χ0n) is 21.2. The Morgan fingerprint density at radius 2 is 0.650 bits per heavy atom. The van der Waals surface area contributed by atoms with E-state index in [0.717, 1.165) is 33.8 Å². The second-order valence-electron chi connectivity index (χ2n) is 8.60. The van der Waals surface area contributed by atoms with E-state index in [9.17, 15) is 0 Å². The number of rotatable bonds is 6. The fraction of sp³-hybridized carbons (Fsp3) is 0.200. The Bertz CT molecular complexity index is 1240. The van der Waals surface area contributed by atoms with Crippen LogP contribution in [0.5, 0.6) is 11.5 Å². The molecule has 0 bridgehead atoms. The van der Waals surface area contributed by atoms with E-state index in [4.69, 9.17) is 102 Å². The van der Waals surface area contributed by atoms with Crippen molar-refractivity contribution in [1.29, 1.82) is 0 Å². The van der Waals surface area contributed by atoms with Crippen LogP contribution in [0.1, 0.15) is 34.1 Å². The molecule has 0 N–H and O–H groups in total. The van der Waals surface area contributed by atoms with E-state index in [1.54, 1.807) is 38.5 Å². The summed E-state index contributed by atoms with van der Waals surface area (Å²) in [6, 6.07) is 29.5. The lowest BCUT2D eigenvalue weighted by molar-refractivity contribution is 0.414. The van der Waals surface area contributed by atoms with Crippen molar-refractivity contribution >= 4 is 92.8 Å². The van der Waals surface area contributed by atoms with Gasteiger partial charge in [-0.2, -0.15) is 0 Å². The summed E-state index contributed by atoms with van der Waals surface area (Å²) >= 11 is 48.7. The van der Waals surface area contributed by atoms with Gasteiger partial charge in [-0.3, -0.25) is 0 Å². The zero-order valence-corrected chi connectivity index (χ0v) is 27.3. The molecule has 10 heteroatoms. The van der Waals surface area contributed by atoms with Gasteiger partial charge in [0, 0.05) is 10.0 Å². The molecule has 40 heavy (non-hydrogen) atoms. The first-order chi connectivity index (χ1) is 18.8. The van der Waals surface area contributed by atoms with Gasteiger partial charge >= 0.3 is 0 Å². The Hall–Kier alpha value is -1.20. The number of ether oxygens (including phenoxy) is 2. The molecule has 4 rings (SSSR count). The van der Waals surface area contributed by atoms with Crippen molar-refractivity contribution < 1.29 is 9.47 Å². The van der Waals surface area contributed by atoms with Crippen LogP contribution in [0.25, 0.3) is 0 Å². The predicted octanol–water partition coefficient (Wildman–Crippen LogP) is 11.7. The van der Waals surface area contributed by atoms with Crippen LogP contribution in [0.4, 0.5) is 0 Å². The number of methoxy groups -OCH3 is 2. The molecule has 0 aliphatic carbocycles. The van der Waals surface area contributed by atoms with Crippen molar-refractivity contribution in [2.75, 3.05) is 14.2 Å². The SMILES string of the molecule is COc1ccc(C(c2ccc(OC)cc2)C(Cl)(Cl)Cl)cc1.Clc1ccc(C(c2ccc(Cl)cc2)C(Cl)(Cl)Cl)cc1. The summed E-state index contributed by atoms with van der Waals surface area (Å²) in [5.74, 6) is 0.763. The molecule has 0 fully saturated rings. The third-order valence-corrected chi connectivity index (χ3v) is 7.77. The van der Waals surface area contributed by atoms with Crippen molar-refractivity contribution in [3.8, 4) is 11.5 Å². The third kappa shape index (κ3) is 9.41. The monoisotopic (exact) mass is 696 g/mol. The van der Waals surface area contributed by atoms with E-state index in [-0.39, 0.29) is 11.8 Å². The second-order valence-corrected chi connectivity index (χ2v) is 14.2. The largest absolute Gasteiger partial charge is 0.497 e. The molecule has 0 aliphatic rings. The lowest BCUT2D eigenvalue weighted by atomic mass is 9.92. The molecule has 4 aromatic carbocycles. The maximum atomic E-state index is 6.18. The van der Waals surface area contributed by atoms with E-state index in [1.807, 2.05) is 72.8 Å². The molecule has 4 aromatic rings. The van der Waals surface area contributed by atoms with Crippen LogP contribution in [0.3, 0.4) is 0 Å². The summed E-state index contributed by atoms with van der Waals surface area (Å²) in [6.07, 6.45) is 0. The summed E-state index contributed by atoms with van der Waals surface area (Å²) in [4.78, 5) is 0. The zero-order chi connectivity index (χ0) is 29.5. The fourth-order valence-electron chi connectivity index (χ4n) is 4.04. The summed E-state index contributed by atoms with van der Waals surface area (Å²) in [6.45, 7) is 0. The minimum atomic E-state index is -1.46. The van der Waals surface area contributed by atoms with Gasteiger partial charge in [-0.15, -0.1) is 0 Å². The first-order valence-corrected chi connectivity index (χ1v) is 14.8. The van der Waals surface area contributed by atoms with E-state index in [2.05, 4.69) is 0 Å².